The van der Waals surface area contributed by atoms with Crippen LogP contribution in [0.3, 0.4) is 0 Å². The van der Waals surface area contributed by atoms with Crippen molar-refractivity contribution in [3.63, 3.8) is 0 Å². The second-order valence-corrected chi connectivity index (χ2v) is 3.67. The molecule has 3 rings (SSSR count). The fraction of sp³-hybridized carbons (Fsp3) is 0.125. The van der Waals surface area contributed by atoms with Crippen LogP contribution in [0.5, 0.6) is 5.75 Å². The van der Waals surface area contributed by atoms with Crippen LogP contribution in [0.25, 0.3) is 21.5 Å². The molecule has 0 spiro atoms. The molecule has 3 aromatic rings. The number of rotatable bonds is 0. The molecule has 0 saturated heterocycles. The second-order valence-electron chi connectivity index (χ2n) is 3.67. The zero-order chi connectivity index (χ0) is 10.3. The molecule has 0 radical (unpaired) electrons. The summed E-state index contributed by atoms with van der Waals surface area (Å²) in [5.74, 6) is 0.378. The predicted octanol–water partition coefficient (Wildman–Crippen LogP) is 4.97. The number of hydrogen-bond acceptors (Lipinski definition) is 1. The number of phenols is 1. The van der Waals surface area contributed by atoms with E-state index in [0.717, 1.165) is 21.5 Å². The van der Waals surface area contributed by atoms with Crippen molar-refractivity contribution in [2.45, 2.75) is 14.9 Å². The van der Waals surface area contributed by atoms with Gasteiger partial charge in [0.05, 0.1) is 0 Å². The van der Waals surface area contributed by atoms with Crippen LogP contribution in [0, 0.1) is 0 Å². The van der Waals surface area contributed by atoms with Crippen LogP contribution in [0.1, 0.15) is 14.9 Å². The molecule has 0 unspecified atom stereocenters. The largest absolute Gasteiger partial charge is 0.507 e. The van der Waals surface area contributed by atoms with Crippen molar-refractivity contribution >= 4 is 21.5 Å². The number of benzene rings is 3. The fourth-order valence-corrected chi connectivity index (χ4v) is 1.99. The van der Waals surface area contributed by atoms with Crippen molar-refractivity contribution in [1.29, 1.82) is 0 Å². The van der Waals surface area contributed by atoms with Crippen molar-refractivity contribution in [3.05, 3.63) is 54.6 Å². The van der Waals surface area contributed by atoms with Gasteiger partial charge >= 0.3 is 0 Å². The minimum absolute atomic E-state index is 0. The highest BCUT2D eigenvalue weighted by molar-refractivity contribution is 6.04. The first-order valence-electron chi connectivity index (χ1n) is 4.96. The Balaban J connectivity index is 0.000000722. The molecule has 1 N–H and O–H groups in total. The van der Waals surface area contributed by atoms with Crippen molar-refractivity contribution in [2.75, 3.05) is 0 Å². The average molecular weight is 226 g/mol. The minimum atomic E-state index is 0. The summed E-state index contributed by atoms with van der Waals surface area (Å²) in [7, 11) is 0. The molecule has 17 heavy (non-hydrogen) atoms. The van der Waals surface area contributed by atoms with Crippen LogP contribution < -0.4 is 0 Å². The minimum Gasteiger partial charge on any atom is -0.507 e. The molecule has 1 nitrogen and oxygen atoms in total. The zero-order valence-corrected chi connectivity index (χ0v) is 8.14. The molecule has 0 atom stereocenters. The molecule has 0 amide bonds. The van der Waals surface area contributed by atoms with Crippen LogP contribution in [-0.4, -0.2) is 5.11 Å². The van der Waals surface area contributed by atoms with Crippen LogP contribution in [0.4, 0.5) is 0 Å². The Morgan fingerprint density at radius 1 is 0.647 bits per heavy atom. The molecule has 0 bridgehead atoms. The molecule has 0 aliphatic heterocycles. The van der Waals surface area contributed by atoms with E-state index in [1.807, 2.05) is 48.5 Å². The Kier molecular flexibility index (Phi) is 3.74. The van der Waals surface area contributed by atoms with E-state index in [2.05, 4.69) is 6.07 Å². The molecule has 0 heterocycles. The summed E-state index contributed by atoms with van der Waals surface area (Å²) in [4.78, 5) is 0. The van der Waals surface area contributed by atoms with Gasteiger partial charge in [0.2, 0.25) is 0 Å². The SMILES string of the molecule is C.C.Oc1c2ccccc2cc2ccccc12. The third kappa shape index (κ3) is 1.96. The summed E-state index contributed by atoms with van der Waals surface area (Å²) in [6.07, 6.45) is 0. The number of hydrogen-bond donors (Lipinski definition) is 1. The van der Waals surface area contributed by atoms with Crippen LogP contribution >= 0.6 is 0 Å². The van der Waals surface area contributed by atoms with Crippen LogP contribution in [0.2, 0.25) is 0 Å². The van der Waals surface area contributed by atoms with Crippen molar-refractivity contribution in [2.24, 2.45) is 0 Å². The lowest BCUT2D eigenvalue weighted by molar-refractivity contribution is 0.488. The molecule has 0 saturated carbocycles. The van der Waals surface area contributed by atoms with Gasteiger partial charge in [-0.3, -0.25) is 0 Å². The maximum Gasteiger partial charge on any atom is 0.131 e. The van der Waals surface area contributed by atoms with E-state index in [1.165, 1.54) is 0 Å². The van der Waals surface area contributed by atoms with Gasteiger partial charge in [-0.15, -0.1) is 0 Å². The van der Waals surface area contributed by atoms with Crippen molar-refractivity contribution in [1.82, 2.24) is 0 Å². The molecule has 0 aliphatic carbocycles. The number of phenolic OH excluding ortho intramolecular Hbond substituents is 1. The Morgan fingerprint density at radius 2 is 1.06 bits per heavy atom. The highest BCUT2D eigenvalue weighted by atomic mass is 16.3. The smallest absolute Gasteiger partial charge is 0.131 e. The van der Waals surface area contributed by atoms with Gasteiger partial charge in [-0.2, -0.15) is 0 Å². The highest BCUT2D eigenvalue weighted by Crippen LogP contribution is 2.33. The Labute approximate surface area is 102 Å². The highest BCUT2D eigenvalue weighted by Gasteiger charge is 2.04. The molecule has 88 valence electrons. The van der Waals surface area contributed by atoms with Crippen LogP contribution in [-0.2, 0) is 0 Å². The van der Waals surface area contributed by atoms with E-state index in [1.54, 1.807) is 0 Å². The van der Waals surface area contributed by atoms with Gasteiger partial charge in [-0.05, 0) is 16.8 Å². The van der Waals surface area contributed by atoms with Gasteiger partial charge in [-0.25, -0.2) is 0 Å². The summed E-state index contributed by atoms with van der Waals surface area (Å²) < 4.78 is 0. The predicted molar refractivity (Wildman–Crippen MR) is 76.6 cm³/mol. The monoisotopic (exact) mass is 226 g/mol. The summed E-state index contributed by atoms with van der Waals surface area (Å²) in [5.41, 5.74) is 0. The molecule has 3 aromatic carbocycles. The maximum atomic E-state index is 10.1. The van der Waals surface area contributed by atoms with E-state index >= 15 is 0 Å². The normalized spacial score (nSPS) is 9.65. The van der Waals surface area contributed by atoms with Crippen molar-refractivity contribution in [3.8, 4) is 5.75 Å². The molecule has 1 heteroatoms. The lowest BCUT2D eigenvalue weighted by Gasteiger charge is -2.05. The second kappa shape index (κ2) is 4.88. The number of aromatic hydroxyl groups is 1. The molecule has 0 aromatic heterocycles. The summed E-state index contributed by atoms with van der Waals surface area (Å²) in [6, 6.07) is 17.9. The first kappa shape index (κ1) is 13.0. The Hall–Kier alpha value is -2.02. The Morgan fingerprint density at radius 3 is 1.53 bits per heavy atom. The Bertz CT molecular complexity index is 587. The first-order valence-corrected chi connectivity index (χ1v) is 4.96. The summed E-state index contributed by atoms with van der Waals surface area (Å²) >= 11 is 0. The van der Waals surface area contributed by atoms with E-state index in [0.29, 0.717) is 5.75 Å². The van der Waals surface area contributed by atoms with E-state index < -0.39 is 0 Å². The molecule has 0 aliphatic rings. The fourth-order valence-electron chi connectivity index (χ4n) is 1.99. The third-order valence-electron chi connectivity index (χ3n) is 2.74. The molecular formula is C16H18O. The molecular weight excluding hydrogens is 208 g/mol. The standard InChI is InChI=1S/C14H10O.2CH4/c15-14-12-7-3-1-5-10(12)9-11-6-2-4-8-13(11)14;;/h1-9,15H;2*1H4. The van der Waals surface area contributed by atoms with E-state index in [9.17, 15) is 5.11 Å². The lowest BCUT2D eigenvalue weighted by atomic mass is 10.0. The van der Waals surface area contributed by atoms with Gasteiger partial charge < -0.3 is 5.11 Å². The van der Waals surface area contributed by atoms with Gasteiger partial charge in [0.25, 0.3) is 0 Å². The average Bonchev–Trinajstić information content (AvgIpc) is 2.30. The van der Waals surface area contributed by atoms with Gasteiger partial charge in [-0.1, -0.05) is 63.4 Å². The first-order chi connectivity index (χ1) is 7.36. The van der Waals surface area contributed by atoms with Gasteiger partial charge in [0.1, 0.15) is 5.75 Å². The number of fused-ring (bicyclic) bond motifs is 2. The maximum absolute atomic E-state index is 10.1. The van der Waals surface area contributed by atoms with Gasteiger partial charge in [0, 0.05) is 10.8 Å². The van der Waals surface area contributed by atoms with Crippen molar-refractivity contribution < 1.29 is 5.11 Å². The third-order valence-corrected chi connectivity index (χ3v) is 2.74. The quantitative estimate of drug-likeness (QED) is 0.536. The van der Waals surface area contributed by atoms with Gasteiger partial charge in [0.15, 0.2) is 0 Å². The lowest BCUT2D eigenvalue weighted by Crippen LogP contribution is -1.77. The molecule has 0 fully saturated rings. The summed E-state index contributed by atoms with van der Waals surface area (Å²) in [5, 5.41) is 14.1. The van der Waals surface area contributed by atoms with E-state index in [-0.39, 0.29) is 14.9 Å². The topological polar surface area (TPSA) is 20.2 Å². The van der Waals surface area contributed by atoms with Crippen LogP contribution in [0.15, 0.2) is 54.6 Å². The van der Waals surface area contributed by atoms with E-state index in [4.69, 9.17) is 0 Å². The summed E-state index contributed by atoms with van der Waals surface area (Å²) in [6.45, 7) is 0. The zero-order valence-electron chi connectivity index (χ0n) is 8.14.